The van der Waals surface area contributed by atoms with Crippen molar-refractivity contribution < 1.29 is 4.79 Å². The summed E-state index contributed by atoms with van der Waals surface area (Å²) in [7, 11) is 0. The lowest BCUT2D eigenvalue weighted by molar-refractivity contribution is -0.119. The van der Waals surface area contributed by atoms with Gasteiger partial charge in [0.05, 0.1) is 6.54 Å². The number of rotatable bonds is 5. The highest BCUT2D eigenvalue weighted by molar-refractivity contribution is 5.77. The first-order valence-electron chi connectivity index (χ1n) is 6.06. The molecule has 0 fully saturated rings. The molecule has 0 aliphatic heterocycles. The molecule has 0 aliphatic carbocycles. The largest absolute Gasteiger partial charge is 0.354 e. The lowest BCUT2D eigenvalue weighted by Gasteiger charge is -2.25. The molecule has 3 nitrogen and oxygen atoms in total. The number of nitrogens with one attached hydrogen (secondary N) is 1. The fourth-order valence-electron chi connectivity index (χ4n) is 1.69. The average Bonchev–Trinajstić information content (AvgIpc) is 2.36. The molecule has 0 saturated heterocycles. The number of carbonyl (C=O) groups is 1. The van der Waals surface area contributed by atoms with Crippen LogP contribution in [0, 0.1) is 0 Å². The molecule has 0 unspecified atom stereocenters. The Morgan fingerprint density at radius 1 is 1.29 bits per heavy atom. The first-order valence-corrected chi connectivity index (χ1v) is 6.06. The zero-order valence-electron chi connectivity index (χ0n) is 10.9. The number of benzene rings is 1. The van der Waals surface area contributed by atoms with Crippen LogP contribution in [-0.4, -0.2) is 19.0 Å². The molecular formula is C14H22N2O. The van der Waals surface area contributed by atoms with Crippen molar-refractivity contribution in [2.75, 3.05) is 13.1 Å². The summed E-state index contributed by atoms with van der Waals surface area (Å²) in [6.45, 7) is 7.02. The summed E-state index contributed by atoms with van der Waals surface area (Å²) in [6, 6.07) is 8.55. The minimum atomic E-state index is -0.108. The van der Waals surface area contributed by atoms with Crippen molar-refractivity contribution in [3.05, 3.63) is 35.4 Å². The summed E-state index contributed by atoms with van der Waals surface area (Å²) >= 11 is 0. The van der Waals surface area contributed by atoms with Gasteiger partial charge in [-0.1, -0.05) is 45.0 Å². The van der Waals surface area contributed by atoms with Crippen LogP contribution in [0.5, 0.6) is 0 Å². The Labute approximate surface area is 103 Å². The standard InChI is InChI=1S/C14H22N2O/c1-4-11-5-7-12(8-6-11)14(2,3)10-16-13(17)9-15/h5-8H,4,9-10,15H2,1-3H3,(H,16,17). The Hall–Kier alpha value is -1.35. The first kappa shape index (κ1) is 13.7. The van der Waals surface area contributed by atoms with Gasteiger partial charge >= 0.3 is 0 Å². The van der Waals surface area contributed by atoms with E-state index < -0.39 is 0 Å². The third-order valence-electron chi connectivity index (χ3n) is 3.06. The summed E-state index contributed by atoms with van der Waals surface area (Å²) < 4.78 is 0. The van der Waals surface area contributed by atoms with Crippen LogP contribution in [0.15, 0.2) is 24.3 Å². The van der Waals surface area contributed by atoms with Crippen LogP contribution in [0.3, 0.4) is 0 Å². The van der Waals surface area contributed by atoms with Gasteiger partial charge in [-0.05, 0) is 17.5 Å². The smallest absolute Gasteiger partial charge is 0.233 e. The highest BCUT2D eigenvalue weighted by atomic mass is 16.1. The molecule has 1 rings (SSSR count). The van der Waals surface area contributed by atoms with Crippen LogP contribution in [-0.2, 0) is 16.6 Å². The normalized spacial score (nSPS) is 11.3. The van der Waals surface area contributed by atoms with E-state index in [0.29, 0.717) is 6.54 Å². The maximum atomic E-state index is 11.2. The Bertz CT molecular complexity index is 368. The lowest BCUT2D eigenvalue weighted by atomic mass is 9.84. The Balaban J connectivity index is 2.70. The van der Waals surface area contributed by atoms with Crippen molar-refractivity contribution in [3.8, 4) is 0 Å². The molecule has 0 spiro atoms. The van der Waals surface area contributed by atoms with E-state index in [9.17, 15) is 4.79 Å². The van der Waals surface area contributed by atoms with E-state index in [-0.39, 0.29) is 17.9 Å². The number of aryl methyl sites for hydroxylation is 1. The third kappa shape index (κ3) is 3.86. The van der Waals surface area contributed by atoms with Gasteiger partial charge in [0.15, 0.2) is 0 Å². The van der Waals surface area contributed by atoms with Gasteiger partial charge in [0.25, 0.3) is 0 Å². The molecule has 0 heterocycles. The number of hydrogen-bond donors (Lipinski definition) is 2. The fourth-order valence-corrected chi connectivity index (χ4v) is 1.69. The Morgan fingerprint density at radius 3 is 2.35 bits per heavy atom. The average molecular weight is 234 g/mol. The van der Waals surface area contributed by atoms with Crippen LogP contribution in [0.4, 0.5) is 0 Å². The molecule has 0 aromatic heterocycles. The van der Waals surface area contributed by atoms with Crippen LogP contribution < -0.4 is 11.1 Å². The molecule has 0 saturated carbocycles. The van der Waals surface area contributed by atoms with Crippen molar-refractivity contribution in [3.63, 3.8) is 0 Å². The van der Waals surface area contributed by atoms with Gasteiger partial charge in [-0.15, -0.1) is 0 Å². The molecular weight excluding hydrogens is 212 g/mol. The summed E-state index contributed by atoms with van der Waals surface area (Å²) in [4.78, 5) is 11.2. The van der Waals surface area contributed by atoms with Crippen LogP contribution in [0.2, 0.25) is 0 Å². The van der Waals surface area contributed by atoms with Crippen molar-refractivity contribution >= 4 is 5.91 Å². The Morgan fingerprint density at radius 2 is 1.88 bits per heavy atom. The molecule has 0 radical (unpaired) electrons. The summed E-state index contributed by atoms with van der Waals surface area (Å²) in [5, 5.41) is 2.84. The van der Waals surface area contributed by atoms with Gasteiger partial charge in [-0.3, -0.25) is 4.79 Å². The SMILES string of the molecule is CCc1ccc(C(C)(C)CNC(=O)CN)cc1. The van der Waals surface area contributed by atoms with Gasteiger partial charge in [0.1, 0.15) is 0 Å². The lowest BCUT2D eigenvalue weighted by Crippen LogP contribution is -2.39. The summed E-state index contributed by atoms with van der Waals surface area (Å²) in [6.07, 6.45) is 1.05. The van der Waals surface area contributed by atoms with Gasteiger partial charge in [-0.25, -0.2) is 0 Å². The van der Waals surface area contributed by atoms with E-state index in [0.717, 1.165) is 6.42 Å². The maximum absolute atomic E-state index is 11.2. The zero-order chi connectivity index (χ0) is 12.9. The highest BCUT2D eigenvalue weighted by Crippen LogP contribution is 2.22. The molecule has 3 N–H and O–H groups in total. The summed E-state index contributed by atoms with van der Waals surface area (Å²) in [5.41, 5.74) is 7.75. The second kappa shape index (κ2) is 5.82. The van der Waals surface area contributed by atoms with Crippen molar-refractivity contribution in [1.29, 1.82) is 0 Å². The third-order valence-corrected chi connectivity index (χ3v) is 3.06. The van der Waals surface area contributed by atoms with Gasteiger partial charge in [-0.2, -0.15) is 0 Å². The van der Waals surface area contributed by atoms with Crippen LogP contribution in [0.25, 0.3) is 0 Å². The van der Waals surface area contributed by atoms with E-state index in [1.807, 2.05) is 0 Å². The van der Waals surface area contributed by atoms with E-state index >= 15 is 0 Å². The molecule has 0 atom stereocenters. The van der Waals surface area contributed by atoms with Gasteiger partial charge in [0, 0.05) is 12.0 Å². The molecule has 1 amide bonds. The van der Waals surface area contributed by atoms with Crippen LogP contribution >= 0.6 is 0 Å². The van der Waals surface area contributed by atoms with Gasteiger partial charge < -0.3 is 11.1 Å². The second-order valence-electron chi connectivity index (χ2n) is 4.92. The number of amides is 1. The minimum Gasteiger partial charge on any atom is -0.354 e. The fraction of sp³-hybridized carbons (Fsp3) is 0.500. The Kier molecular flexibility index (Phi) is 4.70. The predicted molar refractivity (Wildman–Crippen MR) is 70.9 cm³/mol. The molecule has 0 aliphatic rings. The zero-order valence-corrected chi connectivity index (χ0v) is 10.9. The topological polar surface area (TPSA) is 55.1 Å². The van der Waals surface area contributed by atoms with Gasteiger partial charge in [0.2, 0.25) is 5.91 Å². The minimum absolute atomic E-state index is 0.0465. The molecule has 1 aromatic rings. The molecule has 3 heteroatoms. The summed E-state index contributed by atoms with van der Waals surface area (Å²) in [5.74, 6) is -0.108. The molecule has 94 valence electrons. The van der Waals surface area contributed by atoms with E-state index in [1.54, 1.807) is 0 Å². The second-order valence-corrected chi connectivity index (χ2v) is 4.92. The number of carbonyl (C=O) groups excluding carboxylic acids is 1. The molecule has 1 aromatic carbocycles. The highest BCUT2D eigenvalue weighted by Gasteiger charge is 2.20. The predicted octanol–water partition coefficient (Wildman–Crippen LogP) is 1.60. The first-order chi connectivity index (χ1) is 7.99. The maximum Gasteiger partial charge on any atom is 0.233 e. The monoisotopic (exact) mass is 234 g/mol. The number of hydrogen-bond acceptors (Lipinski definition) is 2. The van der Waals surface area contributed by atoms with Crippen LogP contribution in [0.1, 0.15) is 31.9 Å². The van der Waals surface area contributed by atoms with Crippen molar-refractivity contribution in [2.45, 2.75) is 32.6 Å². The molecule has 0 bridgehead atoms. The van der Waals surface area contributed by atoms with E-state index in [4.69, 9.17) is 5.73 Å². The number of nitrogens with two attached hydrogens (primary N) is 1. The quantitative estimate of drug-likeness (QED) is 0.813. The van der Waals surface area contributed by atoms with Crippen molar-refractivity contribution in [1.82, 2.24) is 5.32 Å². The molecule has 17 heavy (non-hydrogen) atoms. The van der Waals surface area contributed by atoms with E-state index in [1.165, 1.54) is 11.1 Å². The van der Waals surface area contributed by atoms with Crippen molar-refractivity contribution in [2.24, 2.45) is 5.73 Å². The van der Waals surface area contributed by atoms with E-state index in [2.05, 4.69) is 50.4 Å².